The maximum absolute atomic E-state index is 13.2. The Morgan fingerprint density at radius 3 is 2.46 bits per heavy atom. The van der Waals surface area contributed by atoms with Gasteiger partial charge in [0.2, 0.25) is 11.8 Å². The monoisotopic (exact) mass is 389 g/mol. The van der Waals surface area contributed by atoms with Crippen LogP contribution in [-0.4, -0.2) is 61.0 Å². The molecule has 4 amide bonds. The number of piperidine rings is 1. The Balaban J connectivity index is 0.00000338. The lowest BCUT2D eigenvalue weighted by Gasteiger charge is -2.39. The molecule has 1 saturated carbocycles. The SMILES string of the molecule is CCNC(=O)NC1(C(=O)N2CCCC(C(=O)NCCN)C2)CCCC1.Cl. The van der Waals surface area contributed by atoms with Crippen LogP contribution < -0.4 is 21.7 Å². The van der Waals surface area contributed by atoms with Gasteiger partial charge >= 0.3 is 6.03 Å². The minimum atomic E-state index is -0.825. The van der Waals surface area contributed by atoms with Crippen LogP contribution in [0.25, 0.3) is 0 Å². The van der Waals surface area contributed by atoms with Crippen molar-refractivity contribution in [3.63, 3.8) is 0 Å². The van der Waals surface area contributed by atoms with E-state index in [2.05, 4.69) is 16.0 Å². The number of amides is 4. The molecule has 0 radical (unpaired) electrons. The van der Waals surface area contributed by atoms with Gasteiger partial charge in [-0.2, -0.15) is 0 Å². The maximum Gasteiger partial charge on any atom is 0.315 e. The van der Waals surface area contributed by atoms with Crippen molar-refractivity contribution in [3.05, 3.63) is 0 Å². The highest BCUT2D eigenvalue weighted by Crippen LogP contribution is 2.33. The highest BCUT2D eigenvalue weighted by molar-refractivity contribution is 5.92. The van der Waals surface area contributed by atoms with Crippen molar-refractivity contribution in [1.82, 2.24) is 20.9 Å². The molecule has 9 heteroatoms. The summed E-state index contributed by atoms with van der Waals surface area (Å²) in [5, 5.41) is 8.43. The van der Waals surface area contributed by atoms with E-state index in [1.54, 1.807) is 4.90 Å². The average molecular weight is 390 g/mol. The summed E-state index contributed by atoms with van der Waals surface area (Å²) in [6.07, 6.45) is 4.73. The molecule has 8 nitrogen and oxygen atoms in total. The fourth-order valence-electron chi connectivity index (χ4n) is 3.81. The van der Waals surface area contributed by atoms with Crippen molar-refractivity contribution < 1.29 is 14.4 Å². The maximum atomic E-state index is 13.2. The zero-order valence-corrected chi connectivity index (χ0v) is 16.3. The first kappa shape index (κ1) is 22.5. The number of urea groups is 1. The Morgan fingerprint density at radius 1 is 1.15 bits per heavy atom. The standard InChI is InChI=1S/C17H31N5O3.ClH/c1-2-19-16(25)21-17(7-3-4-8-17)15(24)22-11-5-6-13(12-22)14(23)20-10-9-18;/h13H,2-12,18H2,1H3,(H,20,23)(H2,19,21,25);1H. The lowest BCUT2D eigenvalue weighted by Crippen LogP contribution is -2.61. The number of nitrogens with one attached hydrogen (secondary N) is 3. The highest BCUT2D eigenvalue weighted by atomic mass is 35.5. The van der Waals surface area contributed by atoms with E-state index in [-0.39, 0.29) is 36.2 Å². The lowest BCUT2D eigenvalue weighted by molar-refractivity contribution is -0.141. The number of hydrogen-bond acceptors (Lipinski definition) is 4. The van der Waals surface area contributed by atoms with Gasteiger partial charge in [-0.25, -0.2) is 4.79 Å². The van der Waals surface area contributed by atoms with E-state index < -0.39 is 5.54 Å². The molecule has 2 fully saturated rings. The van der Waals surface area contributed by atoms with Crippen molar-refractivity contribution in [2.45, 2.75) is 51.0 Å². The van der Waals surface area contributed by atoms with Crippen LogP contribution in [0.15, 0.2) is 0 Å². The predicted octanol–water partition coefficient (Wildman–Crippen LogP) is 0.354. The second-order valence-corrected chi connectivity index (χ2v) is 6.94. The van der Waals surface area contributed by atoms with E-state index in [0.717, 1.165) is 25.7 Å². The molecule has 1 heterocycles. The number of carbonyl (C=O) groups excluding carboxylic acids is 3. The third-order valence-electron chi connectivity index (χ3n) is 5.08. The molecule has 5 N–H and O–H groups in total. The number of halogens is 1. The third-order valence-corrected chi connectivity index (χ3v) is 5.08. The van der Waals surface area contributed by atoms with Gasteiger partial charge in [0.25, 0.3) is 0 Å². The molecule has 1 aliphatic heterocycles. The van der Waals surface area contributed by atoms with E-state index >= 15 is 0 Å². The van der Waals surface area contributed by atoms with Crippen LogP contribution in [0.2, 0.25) is 0 Å². The van der Waals surface area contributed by atoms with Gasteiger partial charge in [-0.05, 0) is 32.6 Å². The van der Waals surface area contributed by atoms with E-state index in [1.807, 2.05) is 6.92 Å². The van der Waals surface area contributed by atoms with Crippen molar-refractivity contribution in [2.24, 2.45) is 11.7 Å². The summed E-state index contributed by atoms with van der Waals surface area (Å²) in [4.78, 5) is 39.2. The van der Waals surface area contributed by atoms with E-state index in [4.69, 9.17) is 5.73 Å². The Kier molecular flexibility index (Phi) is 9.15. The molecular formula is C17H32ClN5O3. The fraction of sp³-hybridized carbons (Fsp3) is 0.824. The fourth-order valence-corrected chi connectivity index (χ4v) is 3.81. The van der Waals surface area contributed by atoms with Crippen LogP contribution in [0.1, 0.15) is 45.4 Å². The van der Waals surface area contributed by atoms with Gasteiger partial charge in [0, 0.05) is 32.7 Å². The number of carbonyl (C=O) groups is 3. The first-order valence-corrected chi connectivity index (χ1v) is 9.35. The predicted molar refractivity (Wildman–Crippen MR) is 102 cm³/mol. The quantitative estimate of drug-likeness (QED) is 0.524. The number of likely N-dealkylation sites (tertiary alicyclic amines) is 1. The number of hydrogen-bond donors (Lipinski definition) is 4. The Hall–Kier alpha value is -1.54. The van der Waals surface area contributed by atoms with Crippen LogP contribution >= 0.6 is 12.4 Å². The summed E-state index contributed by atoms with van der Waals surface area (Å²) in [5.41, 5.74) is 4.60. The molecule has 0 aromatic carbocycles. The third kappa shape index (κ3) is 5.48. The summed E-state index contributed by atoms with van der Waals surface area (Å²) in [6, 6.07) is -0.299. The normalized spacial score (nSPS) is 21.5. The molecule has 1 saturated heterocycles. The van der Waals surface area contributed by atoms with E-state index in [0.29, 0.717) is 45.6 Å². The smallest absolute Gasteiger partial charge is 0.315 e. The largest absolute Gasteiger partial charge is 0.355 e. The first-order chi connectivity index (χ1) is 12.0. The molecule has 150 valence electrons. The Morgan fingerprint density at radius 2 is 1.85 bits per heavy atom. The summed E-state index contributed by atoms with van der Waals surface area (Å²) < 4.78 is 0. The summed E-state index contributed by atoms with van der Waals surface area (Å²) in [5.74, 6) is -0.292. The number of rotatable bonds is 6. The zero-order valence-electron chi connectivity index (χ0n) is 15.5. The molecule has 1 atom stereocenters. The van der Waals surface area contributed by atoms with Gasteiger partial charge in [0.1, 0.15) is 5.54 Å². The van der Waals surface area contributed by atoms with Crippen LogP contribution in [0, 0.1) is 5.92 Å². The van der Waals surface area contributed by atoms with Crippen molar-refractivity contribution >= 4 is 30.3 Å². The summed E-state index contributed by atoms with van der Waals surface area (Å²) in [6.45, 7) is 4.26. The Labute approximate surface area is 161 Å². The van der Waals surface area contributed by atoms with E-state index in [9.17, 15) is 14.4 Å². The summed E-state index contributed by atoms with van der Waals surface area (Å²) in [7, 11) is 0. The second-order valence-electron chi connectivity index (χ2n) is 6.94. The zero-order chi connectivity index (χ0) is 18.3. The highest BCUT2D eigenvalue weighted by Gasteiger charge is 2.45. The molecule has 0 bridgehead atoms. The molecule has 2 rings (SSSR count). The van der Waals surface area contributed by atoms with Crippen LogP contribution in [0.3, 0.4) is 0 Å². The van der Waals surface area contributed by atoms with Gasteiger partial charge in [-0.3, -0.25) is 9.59 Å². The van der Waals surface area contributed by atoms with Gasteiger partial charge in [0.05, 0.1) is 5.92 Å². The van der Waals surface area contributed by atoms with Crippen molar-refractivity contribution in [1.29, 1.82) is 0 Å². The average Bonchev–Trinajstić information content (AvgIpc) is 3.08. The number of nitrogens with two attached hydrogens (primary N) is 1. The number of nitrogens with zero attached hydrogens (tertiary/aromatic N) is 1. The minimum Gasteiger partial charge on any atom is -0.355 e. The van der Waals surface area contributed by atoms with E-state index in [1.165, 1.54) is 0 Å². The molecule has 0 aromatic rings. The van der Waals surface area contributed by atoms with Crippen molar-refractivity contribution in [2.75, 3.05) is 32.7 Å². The molecule has 0 spiro atoms. The van der Waals surface area contributed by atoms with Gasteiger partial charge in [0.15, 0.2) is 0 Å². The van der Waals surface area contributed by atoms with Crippen LogP contribution in [0.4, 0.5) is 4.79 Å². The molecule has 26 heavy (non-hydrogen) atoms. The van der Waals surface area contributed by atoms with Gasteiger partial charge in [-0.1, -0.05) is 12.8 Å². The Bertz CT molecular complexity index is 497. The first-order valence-electron chi connectivity index (χ1n) is 9.35. The molecule has 2 aliphatic rings. The second kappa shape index (κ2) is 10.6. The molecule has 1 unspecified atom stereocenters. The topological polar surface area (TPSA) is 117 Å². The molecule has 0 aromatic heterocycles. The molecule has 1 aliphatic carbocycles. The van der Waals surface area contributed by atoms with Gasteiger partial charge in [-0.15, -0.1) is 12.4 Å². The molecular weight excluding hydrogens is 358 g/mol. The minimum absolute atomic E-state index is 0. The van der Waals surface area contributed by atoms with Gasteiger partial charge < -0.3 is 26.6 Å². The van der Waals surface area contributed by atoms with Crippen LogP contribution in [-0.2, 0) is 9.59 Å². The summed E-state index contributed by atoms with van der Waals surface area (Å²) >= 11 is 0. The lowest BCUT2D eigenvalue weighted by atomic mass is 9.91. The van der Waals surface area contributed by atoms with Crippen LogP contribution in [0.5, 0.6) is 0 Å². The van der Waals surface area contributed by atoms with Crippen molar-refractivity contribution in [3.8, 4) is 0 Å².